The molecule has 0 bridgehead atoms. The van der Waals surface area contributed by atoms with E-state index in [4.69, 9.17) is 0 Å². The minimum Gasteiger partial charge on any atom is -0.315 e. The number of hydrogen-bond acceptors (Lipinski definition) is 4. The summed E-state index contributed by atoms with van der Waals surface area (Å²) >= 11 is 0. The van der Waals surface area contributed by atoms with Gasteiger partial charge in [-0.3, -0.25) is 10.2 Å². The topological polar surface area (TPSA) is 71.0 Å². The van der Waals surface area contributed by atoms with Crippen molar-refractivity contribution in [3.8, 4) is 0 Å². The molecule has 0 spiro atoms. The molecular formula is C16H25N5O. The molecular weight excluding hydrogens is 278 g/mol. The van der Waals surface area contributed by atoms with Crippen LogP contribution in [0.4, 0.5) is 5.82 Å². The number of hydrogen-bond donors (Lipinski definition) is 3. The van der Waals surface area contributed by atoms with Gasteiger partial charge in [0.05, 0.1) is 6.20 Å². The maximum Gasteiger partial charge on any atom is 0.244 e. The van der Waals surface area contributed by atoms with Crippen molar-refractivity contribution in [1.29, 1.82) is 0 Å². The summed E-state index contributed by atoms with van der Waals surface area (Å²) in [7, 11) is 0. The molecule has 3 aliphatic rings. The molecule has 3 heterocycles. The van der Waals surface area contributed by atoms with E-state index in [9.17, 15) is 4.79 Å². The number of nitrogens with zero attached hydrogens (tertiary/aromatic N) is 2. The highest BCUT2D eigenvalue weighted by Crippen LogP contribution is 2.34. The number of amides is 1. The standard InChI is InChI=1S/C16H25N5O/c1-10-5-6-12-11(8-10)15(20-19-12)16(22)18-14-9-17-13-4-2-3-7-21(13)14/h9-12,15,19-20H,2-8H2,1H3,(H,18,22). The molecule has 6 nitrogen and oxygen atoms in total. The first-order valence-electron chi connectivity index (χ1n) is 8.58. The van der Waals surface area contributed by atoms with E-state index < -0.39 is 0 Å². The van der Waals surface area contributed by atoms with Gasteiger partial charge in [-0.2, -0.15) is 0 Å². The summed E-state index contributed by atoms with van der Waals surface area (Å²) in [6, 6.07) is 0.300. The molecule has 1 aromatic heterocycles. The van der Waals surface area contributed by atoms with E-state index in [1.165, 1.54) is 12.8 Å². The summed E-state index contributed by atoms with van der Waals surface area (Å²) in [5, 5.41) is 3.10. The monoisotopic (exact) mass is 303 g/mol. The Labute approximate surface area is 131 Å². The number of carbonyl (C=O) groups is 1. The lowest BCUT2D eigenvalue weighted by Crippen LogP contribution is -2.43. The van der Waals surface area contributed by atoms with Crippen molar-refractivity contribution in [2.75, 3.05) is 5.32 Å². The summed E-state index contributed by atoms with van der Waals surface area (Å²) < 4.78 is 2.16. The predicted octanol–water partition coefficient (Wildman–Crippen LogP) is 1.44. The predicted molar refractivity (Wildman–Crippen MR) is 84.1 cm³/mol. The van der Waals surface area contributed by atoms with Gasteiger partial charge in [-0.25, -0.2) is 10.4 Å². The molecule has 4 unspecified atom stereocenters. The largest absolute Gasteiger partial charge is 0.315 e. The van der Waals surface area contributed by atoms with Crippen molar-refractivity contribution in [3.05, 3.63) is 12.0 Å². The molecule has 4 atom stereocenters. The van der Waals surface area contributed by atoms with E-state index in [2.05, 4.69) is 32.6 Å². The average Bonchev–Trinajstić information content (AvgIpc) is 3.11. The molecule has 120 valence electrons. The zero-order valence-corrected chi connectivity index (χ0v) is 13.1. The number of nitrogens with one attached hydrogen (secondary N) is 3. The fourth-order valence-corrected chi connectivity index (χ4v) is 4.26. The number of rotatable bonds is 2. The van der Waals surface area contributed by atoms with E-state index in [0.29, 0.717) is 17.9 Å². The smallest absolute Gasteiger partial charge is 0.244 e. The first kappa shape index (κ1) is 14.2. The Balaban J connectivity index is 1.47. The van der Waals surface area contributed by atoms with Gasteiger partial charge in [0.2, 0.25) is 5.91 Å². The van der Waals surface area contributed by atoms with Crippen LogP contribution < -0.4 is 16.2 Å². The van der Waals surface area contributed by atoms with Gasteiger partial charge in [-0.05, 0) is 38.0 Å². The number of aryl methyl sites for hydroxylation is 1. The molecule has 4 rings (SSSR count). The van der Waals surface area contributed by atoms with Crippen LogP contribution in [-0.2, 0) is 17.8 Å². The van der Waals surface area contributed by atoms with E-state index in [-0.39, 0.29) is 11.9 Å². The first-order chi connectivity index (χ1) is 10.7. The zero-order chi connectivity index (χ0) is 15.1. The van der Waals surface area contributed by atoms with Gasteiger partial charge >= 0.3 is 0 Å². The Kier molecular flexibility index (Phi) is 3.66. The van der Waals surface area contributed by atoms with Gasteiger partial charge in [0.25, 0.3) is 0 Å². The molecule has 3 N–H and O–H groups in total. The van der Waals surface area contributed by atoms with Gasteiger partial charge < -0.3 is 9.88 Å². The minimum atomic E-state index is -0.137. The number of fused-ring (bicyclic) bond motifs is 2. The summed E-state index contributed by atoms with van der Waals surface area (Å²) in [4.78, 5) is 17.1. The lowest BCUT2D eigenvalue weighted by molar-refractivity contribution is -0.119. The van der Waals surface area contributed by atoms with E-state index >= 15 is 0 Å². The average molecular weight is 303 g/mol. The molecule has 0 aromatic carbocycles. The van der Waals surface area contributed by atoms with Gasteiger partial charge in [0.15, 0.2) is 0 Å². The van der Waals surface area contributed by atoms with Crippen LogP contribution in [0.2, 0.25) is 0 Å². The highest BCUT2D eigenvalue weighted by atomic mass is 16.2. The number of carbonyl (C=O) groups excluding carboxylic acids is 1. The van der Waals surface area contributed by atoms with Crippen molar-refractivity contribution in [3.63, 3.8) is 0 Å². The fourth-order valence-electron chi connectivity index (χ4n) is 4.26. The van der Waals surface area contributed by atoms with Crippen LogP contribution in [0.25, 0.3) is 0 Å². The highest BCUT2D eigenvalue weighted by molar-refractivity contribution is 5.94. The Morgan fingerprint density at radius 2 is 2.27 bits per heavy atom. The first-order valence-corrected chi connectivity index (χ1v) is 8.58. The van der Waals surface area contributed by atoms with Gasteiger partial charge in [0, 0.05) is 24.9 Å². The number of imidazole rings is 1. The molecule has 1 saturated carbocycles. The minimum absolute atomic E-state index is 0.0716. The Morgan fingerprint density at radius 3 is 3.18 bits per heavy atom. The normalized spacial score (nSPS) is 34.0. The molecule has 1 amide bonds. The molecule has 2 fully saturated rings. The summed E-state index contributed by atoms with van der Waals surface area (Å²) in [6.45, 7) is 3.25. The fraction of sp³-hybridized carbons (Fsp3) is 0.750. The summed E-state index contributed by atoms with van der Waals surface area (Å²) in [5.74, 6) is 3.13. The summed E-state index contributed by atoms with van der Waals surface area (Å²) in [5.41, 5.74) is 6.54. The van der Waals surface area contributed by atoms with Crippen molar-refractivity contribution in [2.45, 2.75) is 64.1 Å². The lowest BCUT2D eigenvalue weighted by atomic mass is 9.76. The third kappa shape index (κ3) is 2.44. The van der Waals surface area contributed by atoms with Crippen LogP contribution in [0.1, 0.15) is 44.9 Å². The van der Waals surface area contributed by atoms with Crippen molar-refractivity contribution >= 4 is 11.7 Å². The molecule has 2 aliphatic heterocycles. The number of anilines is 1. The maximum atomic E-state index is 12.7. The van der Waals surface area contributed by atoms with Gasteiger partial charge in [0.1, 0.15) is 17.7 Å². The molecule has 22 heavy (non-hydrogen) atoms. The van der Waals surface area contributed by atoms with Crippen LogP contribution >= 0.6 is 0 Å². The van der Waals surface area contributed by atoms with Crippen molar-refractivity contribution < 1.29 is 4.79 Å². The SMILES string of the molecule is CC1CCC2NNC(C(=O)Nc3cnc4n3CCCC4)C2C1. The Bertz CT molecular complexity index is 569. The van der Waals surface area contributed by atoms with Crippen molar-refractivity contribution in [1.82, 2.24) is 20.4 Å². The summed E-state index contributed by atoms with van der Waals surface area (Å²) in [6.07, 6.45) is 8.71. The number of hydrazine groups is 1. The quantitative estimate of drug-likeness (QED) is 0.773. The third-order valence-corrected chi connectivity index (χ3v) is 5.52. The zero-order valence-electron chi connectivity index (χ0n) is 13.1. The third-order valence-electron chi connectivity index (χ3n) is 5.52. The van der Waals surface area contributed by atoms with Crippen LogP contribution in [-0.4, -0.2) is 27.5 Å². The van der Waals surface area contributed by atoms with Gasteiger partial charge in [-0.1, -0.05) is 6.92 Å². The lowest BCUT2D eigenvalue weighted by Gasteiger charge is -2.30. The molecule has 0 radical (unpaired) electrons. The van der Waals surface area contributed by atoms with Crippen LogP contribution in [0.5, 0.6) is 0 Å². The Morgan fingerprint density at radius 1 is 1.36 bits per heavy atom. The molecule has 6 heteroatoms. The van der Waals surface area contributed by atoms with E-state index in [0.717, 1.165) is 43.9 Å². The van der Waals surface area contributed by atoms with Crippen molar-refractivity contribution in [2.24, 2.45) is 11.8 Å². The molecule has 1 saturated heterocycles. The number of aromatic nitrogens is 2. The van der Waals surface area contributed by atoms with E-state index in [1.807, 2.05) is 6.20 Å². The van der Waals surface area contributed by atoms with Crippen LogP contribution in [0.15, 0.2) is 6.20 Å². The Hall–Kier alpha value is -1.40. The highest BCUT2D eigenvalue weighted by Gasteiger charge is 2.42. The molecule has 1 aliphatic carbocycles. The maximum absolute atomic E-state index is 12.7. The molecule has 1 aromatic rings. The van der Waals surface area contributed by atoms with E-state index in [1.54, 1.807) is 0 Å². The van der Waals surface area contributed by atoms with Crippen LogP contribution in [0.3, 0.4) is 0 Å². The second kappa shape index (κ2) is 5.66. The van der Waals surface area contributed by atoms with Crippen LogP contribution in [0, 0.1) is 11.8 Å². The van der Waals surface area contributed by atoms with Gasteiger partial charge in [-0.15, -0.1) is 0 Å². The second-order valence-electron chi connectivity index (χ2n) is 7.11. The second-order valence-corrected chi connectivity index (χ2v) is 7.11.